The van der Waals surface area contributed by atoms with Gasteiger partial charge in [0.05, 0.1) is 29.5 Å². The number of carbonyl (C=O) groups is 3. The summed E-state index contributed by atoms with van der Waals surface area (Å²) in [5.74, 6) is -1.71. The number of fused-ring (bicyclic) bond motifs is 1. The van der Waals surface area contributed by atoms with Crippen LogP contribution in [0.4, 0.5) is 5.69 Å². The summed E-state index contributed by atoms with van der Waals surface area (Å²) in [7, 11) is 1.50. The molecule has 3 aliphatic rings. The van der Waals surface area contributed by atoms with Crippen molar-refractivity contribution in [2.45, 2.75) is 17.4 Å². The molecule has 0 unspecified atom stereocenters. The molecule has 26 heavy (non-hydrogen) atoms. The molecular formula is C18H18BrNO6. The molecule has 1 heterocycles. The van der Waals surface area contributed by atoms with Crippen LogP contribution in [0.1, 0.15) is 6.42 Å². The highest BCUT2D eigenvalue weighted by Gasteiger charge is 2.68. The van der Waals surface area contributed by atoms with Gasteiger partial charge < -0.3 is 19.5 Å². The minimum Gasteiger partial charge on any atom is -0.495 e. The number of nitrogens with one attached hydrogen (secondary N) is 1. The molecule has 2 saturated carbocycles. The third-order valence-electron chi connectivity index (χ3n) is 5.52. The van der Waals surface area contributed by atoms with E-state index in [0.29, 0.717) is 11.4 Å². The normalized spacial score (nSPS) is 33.7. The number of ether oxygens (including phenoxy) is 3. The maximum Gasteiger partial charge on any atom is 0.310 e. The number of hydrogen-bond donors (Lipinski definition) is 1. The quantitative estimate of drug-likeness (QED) is 0.572. The molecule has 0 aromatic heterocycles. The summed E-state index contributed by atoms with van der Waals surface area (Å²) < 4.78 is 15.8. The van der Waals surface area contributed by atoms with Crippen LogP contribution in [0.5, 0.6) is 5.75 Å². The highest BCUT2D eigenvalue weighted by atomic mass is 79.9. The van der Waals surface area contributed by atoms with Crippen LogP contribution in [0, 0.1) is 23.7 Å². The van der Waals surface area contributed by atoms with Crippen LogP contribution < -0.4 is 10.1 Å². The van der Waals surface area contributed by atoms with Gasteiger partial charge in [-0.25, -0.2) is 0 Å². The number of esters is 2. The lowest BCUT2D eigenvalue weighted by molar-refractivity contribution is -0.157. The molecule has 8 heteroatoms. The molecule has 1 aliphatic heterocycles. The Labute approximate surface area is 158 Å². The minimum atomic E-state index is -0.547. The van der Waals surface area contributed by atoms with Crippen LogP contribution in [0.2, 0.25) is 0 Å². The van der Waals surface area contributed by atoms with E-state index in [1.165, 1.54) is 7.11 Å². The molecule has 1 saturated heterocycles. The predicted molar refractivity (Wildman–Crippen MR) is 93.8 cm³/mol. The summed E-state index contributed by atoms with van der Waals surface area (Å²) in [5, 5.41) is 2.65. The van der Waals surface area contributed by atoms with Gasteiger partial charge >= 0.3 is 11.9 Å². The molecule has 7 nitrogen and oxygen atoms in total. The van der Waals surface area contributed by atoms with Crippen LogP contribution in [0.3, 0.4) is 0 Å². The standard InChI is InChI=1S/C18H18BrNO6/c1-24-11-5-3-2-4-10(11)20-12(21)7-25-17(22)13-8-6-9-14(13)18(23)26-16(9)15(8)19/h2-5,8-9,13-16H,6-7H2,1H3,(H,20,21)/t8-,9-,13-,14-,15+,16+/m1/s1. The summed E-state index contributed by atoms with van der Waals surface area (Å²) in [6.45, 7) is -0.414. The van der Waals surface area contributed by atoms with Crippen molar-refractivity contribution in [1.82, 2.24) is 0 Å². The number of hydrogen-bond acceptors (Lipinski definition) is 6. The van der Waals surface area contributed by atoms with Crippen molar-refractivity contribution in [1.29, 1.82) is 0 Å². The Hall–Kier alpha value is -2.09. The number of para-hydroxylation sites is 2. The predicted octanol–water partition coefficient (Wildman–Crippen LogP) is 1.75. The topological polar surface area (TPSA) is 90.9 Å². The van der Waals surface area contributed by atoms with Crippen molar-refractivity contribution >= 4 is 39.5 Å². The van der Waals surface area contributed by atoms with Crippen molar-refractivity contribution in [3.63, 3.8) is 0 Å². The van der Waals surface area contributed by atoms with E-state index < -0.39 is 30.3 Å². The van der Waals surface area contributed by atoms with Gasteiger partial charge in [-0.15, -0.1) is 0 Å². The van der Waals surface area contributed by atoms with E-state index >= 15 is 0 Å². The highest BCUT2D eigenvalue weighted by Crippen LogP contribution is 2.60. The van der Waals surface area contributed by atoms with Crippen molar-refractivity contribution in [2.24, 2.45) is 23.7 Å². The van der Waals surface area contributed by atoms with Crippen molar-refractivity contribution < 1.29 is 28.6 Å². The van der Waals surface area contributed by atoms with E-state index in [4.69, 9.17) is 14.2 Å². The highest BCUT2D eigenvalue weighted by molar-refractivity contribution is 9.09. The van der Waals surface area contributed by atoms with Gasteiger partial charge in [-0.1, -0.05) is 28.1 Å². The molecular weight excluding hydrogens is 406 g/mol. The zero-order valence-electron chi connectivity index (χ0n) is 14.0. The van der Waals surface area contributed by atoms with Gasteiger partial charge in [0.2, 0.25) is 0 Å². The van der Waals surface area contributed by atoms with Gasteiger partial charge in [0.25, 0.3) is 5.91 Å². The fraction of sp³-hybridized carbons (Fsp3) is 0.500. The Morgan fingerprint density at radius 3 is 2.85 bits per heavy atom. The Balaban J connectivity index is 1.37. The second-order valence-electron chi connectivity index (χ2n) is 6.82. The molecule has 1 aromatic rings. The molecule has 2 aliphatic carbocycles. The monoisotopic (exact) mass is 423 g/mol. The molecule has 6 atom stereocenters. The summed E-state index contributed by atoms with van der Waals surface area (Å²) >= 11 is 3.55. The third kappa shape index (κ3) is 2.67. The van der Waals surface area contributed by atoms with Gasteiger partial charge in [0, 0.05) is 5.92 Å². The number of halogens is 1. The Bertz CT molecular complexity index is 768. The zero-order chi connectivity index (χ0) is 18.4. The van der Waals surface area contributed by atoms with E-state index in [1.807, 2.05) is 0 Å². The maximum atomic E-state index is 12.5. The molecule has 3 fully saturated rings. The van der Waals surface area contributed by atoms with E-state index in [-0.39, 0.29) is 28.7 Å². The van der Waals surface area contributed by atoms with Gasteiger partial charge in [-0.2, -0.15) is 0 Å². The number of carbonyl (C=O) groups excluding carboxylic acids is 3. The van der Waals surface area contributed by atoms with Crippen LogP contribution in [0.15, 0.2) is 24.3 Å². The van der Waals surface area contributed by atoms with Crippen LogP contribution in [-0.2, 0) is 23.9 Å². The van der Waals surface area contributed by atoms with Crippen molar-refractivity contribution in [3.8, 4) is 5.75 Å². The van der Waals surface area contributed by atoms with Gasteiger partial charge in [-0.05, 0) is 24.5 Å². The molecule has 0 spiro atoms. The number of methoxy groups -OCH3 is 1. The smallest absolute Gasteiger partial charge is 0.310 e. The fourth-order valence-corrected chi connectivity index (χ4v) is 5.51. The zero-order valence-corrected chi connectivity index (χ0v) is 15.6. The molecule has 1 N–H and O–H groups in total. The third-order valence-corrected chi connectivity index (χ3v) is 6.72. The number of alkyl halides is 1. The van der Waals surface area contributed by atoms with E-state index in [2.05, 4.69) is 21.2 Å². The lowest BCUT2D eigenvalue weighted by Gasteiger charge is -2.26. The number of benzene rings is 1. The first-order valence-corrected chi connectivity index (χ1v) is 9.37. The van der Waals surface area contributed by atoms with Crippen molar-refractivity contribution in [2.75, 3.05) is 19.0 Å². The van der Waals surface area contributed by atoms with Crippen LogP contribution in [-0.4, -0.2) is 42.5 Å². The lowest BCUT2D eigenvalue weighted by atomic mass is 9.80. The van der Waals surface area contributed by atoms with E-state index in [1.54, 1.807) is 24.3 Å². The van der Waals surface area contributed by atoms with Crippen LogP contribution >= 0.6 is 15.9 Å². The number of anilines is 1. The Morgan fingerprint density at radius 1 is 1.31 bits per heavy atom. The van der Waals surface area contributed by atoms with E-state index in [0.717, 1.165) is 6.42 Å². The lowest BCUT2D eigenvalue weighted by Crippen LogP contribution is -2.39. The second kappa shape index (κ2) is 6.57. The summed E-state index contributed by atoms with van der Waals surface area (Å²) in [4.78, 5) is 36.7. The summed E-state index contributed by atoms with van der Waals surface area (Å²) in [6, 6.07) is 6.96. The SMILES string of the molecule is COc1ccccc1NC(=O)COC(=O)[C@@H]1[C@H]2C[C@H]3[C@H](OC(=O)[C@H]31)[C@H]2Br. The Kier molecular flexibility index (Phi) is 4.38. The van der Waals surface area contributed by atoms with E-state index in [9.17, 15) is 14.4 Å². The Morgan fingerprint density at radius 2 is 2.08 bits per heavy atom. The second-order valence-corrected chi connectivity index (χ2v) is 7.87. The molecule has 0 radical (unpaired) electrons. The molecule has 2 bridgehead atoms. The van der Waals surface area contributed by atoms with Crippen LogP contribution in [0.25, 0.3) is 0 Å². The molecule has 1 aromatic carbocycles. The van der Waals surface area contributed by atoms with Gasteiger partial charge in [0.1, 0.15) is 11.9 Å². The average Bonchev–Trinajstić information content (AvgIpc) is 3.24. The molecule has 4 rings (SSSR count). The number of rotatable bonds is 5. The first-order chi connectivity index (χ1) is 12.5. The fourth-order valence-electron chi connectivity index (χ4n) is 4.46. The maximum absolute atomic E-state index is 12.5. The number of amides is 1. The minimum absolute atomic E-state index is 0.00577. The van der Waals surface area contributed by atoms with Crippen molar-refractivity contribution in [3.05, 3.63) is 24.3 Å². The molecule has 1 amide bonds. The molecule has 138 valence electrons. The summed E-state index contributed by atoms with van der Waals surface area (Å²) in [6.07, 6.45) is 0.625. The average molecular weight is 424 g/mol. The van der Waals surface area contributed by atoms with Gasteiger partial charge in [0.15, 0.2) is 6.61 Å². The first-order valence-electron chi connectivity index (χ1n) is 8.45. The van der Waals surface area contributed by atoms with Gasteiger partial charge in [-0.3, -0.25) is 14.4 Å². The summed E-state index contributed by atoms with van der Waals surface area (Å²) in [5.41, 5.74) is 0.499. The first kappa shape index (κ1) is 17.3. The largest absolute Gasteiger partial charge is 0.495 e.